The summed E-state index contributed by atoms with van der Waals surface area (Å²) in [4.78, 5) is 16.1. The third kappa shape index (κ3) is 5.12. The van der Waals surface area contributed by atoms with Crippen LogP contribution in [0.5, 0.6) is 0 Å². The van der Waals surface area contributed by atoms with Gasteiger partial charge in [0.25, 0.3) is 0 Å². The SMILES string of the molecule is CN(C)/C=C1/CN(c2ccc(C(=O)OC(C)(C)C)cc2)CC1=C(C#N)C#N. The predicted octanol–water partition coefficient (Wildman–Crippen LogP) is 3.25. The number of carbonyl (C=O) groups is 1. The van der Waals surface area contributed by atoms with Crippen LogP contribution >= 0.6 is 0 Å². The molecule has 140 valence electrons. The van der Waals surface area contributed by atoms with Crippen LogP contribution in [0.25, 0.3) is 0 Å². The number of ether oxygens (including phenoxy) is 1. The van der Waals surface area contributed by atoms with E-state index in [-0.39, 0.29) is 11.5 Å². The molecule has 0 bridgehead atoms. The van der Waals surface area contributed by atoms with Crippen LogP contribution in [0.3, 0.4) is 0 Å². The van der Waals surface area contributed by atoms with E-state index in [1.54, 1.807) is 12.1 Å². The maximum Gasteiger partial charge on any atom is 0.338 e. The second kappa shape index (κ2) is 7.97. The Hall–Kier alpha value is -3.25. The summed E-state index contributed by atoms with van der Waals surface area (Å²) in [6.45, 7) is 6.56. The van der Waals surface area contributed by atoms with Crippen LogP contribution in [0.2, 0.25) is 0 Å². The highest BCUT2D eigenvalue weighted by molar-refractivity contribution is 5.90. The molecule has 0 spiro atoms. The average molecular weight is 364 g/mol. The van der Waals surface area contributed by atoms with Gasteiger partial charge in [-0.05, 0) is 50.6 Å². The van der Waals surface area contributed by atoms with Crippen LogP contribution < -0.4 is 4.90 Å². The summed E-state index contributed by atoms with van der Waals surface area (Å²) in [6, 6.07) is 11.1. The normalized spacial score (nSPS) is 15.3. The fourth-order valence-corrected chi connectivity index (χ4v) is 2.81. The van der Waals surface area contributed by atoms with Gasteiger partial charge in [0.1, 0.15) is 23.3 Å². The number of nitriles is 2. The van der Waals surface area contributed by atoms with Crippen LogP contribution in [0.4, 0.5) is 5.69 Å². The number of benzene rings is 1. The van der Waals surface area contributed by atoms with E-state index in [0.29, 0.717) is 18.7 Å². The van der Waals surface area contributed by atoms with Crippen LogP contribution in [-0.4, -0.2) is 43.7 Å². The quantitative estimate of drug-likeness (QED) is 0.605. The van der Waals surface area contributed by atoms with Gasteiger partial charge in [-0.2, -0.15) is 10.5 Å². The lowest BCUT2D eigenvalue weighted by Gasteiger charge is -2.20. The van der Waals surface area contributed by atoms with E-state index >= 15 is 0 Å². The molecule has 1 aromatic carbocycles. The van der Waals surface area contributed by atoms with Gasteiger partial charge in [-0.25, -0.2) is 4.79 Å². The van der Waals surface area contributed by atoms with E-state index in [9.17, 15) is 15.3 Å². The molecule has 0 saturated carbocycles. The molecule has 0 N–H and O–H groups in total. The number of nitrogens with zero attached hydrogens (tertiary/aromatic N) is 4. The number of esters is 1. The van der Waals surface area contributed by atoms with Gasteiger partial charge in [0, 0.05) is 44.6 Å². The third-order valence-corrected chi connectivity index (χ3v) is 3.90. The Balaban J connectivity index is 2.27. The molecule has 1 aromatic rings. The molecule has 1 aliphatic heterocycles. The van der Waals surface area contributed by atoms with Gasteiger partial charge >= 0.3 is 5.97 Å². The van der Waals surface area contributed by atoms with Crippen LogP contribution in [0, 0.1) is 22.7 Å². The first-order chi connectivity index (χ1) is 12.6. The highest BCUT2D eigenvalue weighted by Gasteiger charge is 2.26. The molecule has 1 fully saturated rings. The average Bonchev–Trinajstić information content (AvgIpc) is 2.98. The van der Waals surface area contributed by atoms with Crippen molar-refractivity contribution >= 4 is 11.7 Å². The maximum absolute atomic E-state index is 12.2. The largest absolute Gasteiger partial charge is 0.456 e. The number of hydrogen-bond donors (Lipinski definition) is 0. The Bertz CT molecular complexity index is 843. The molecule has 1 heterocycles. The lowest BCUT2D eigenvalue weighted by Crippen LogP contribution is -2.24. The van der Waals surface area contributed by atoms with Crippen molar-refractivity contribution < 1.29 is 9.53 Å². The van der Waals surface area contributed by atoms with Gasteiger partial charge in [0.2, 0.25) is 0 Å². The van der Waals surface area contributed by atoms with Crippen molar-refractivity contribution in [3.8, 4) is 12.1 Å². The number of anilines is 1. The van der Waals surface area contributed by atoms with Crippen molar-refractivity contribution in [2.75, 3.05) is 32.1 Å². The van der Waals surface area contributed by atoms with Crippen LogP contribution in [-0.2, 0) is 4.74 Å². The first kappa shape index (κ1) is 20.1. The molecule has 0 amide bonds. The summed E-state index contributed by atoms with van der Waals surface area (Å²) in [5.41, 5.74) is 2.68. The second-order valence-electron chi connectivity index (χ2n) is 7.60. The van der Waals surface area contributed by atoms with Gasteiger partial charge < -0.3 is 14.5 Å². The molecule has 1 aliphatic rings. The second-order valence-corrected chi connectivity index (χ2v) is 7.60. The minimum Gasteiger partial charge on any atom is -0.456 e. The molecule has 0 aliphatic carbocycles. The summed E-state index contributed by atoms with van der Waals surface area (Å²) >= 11 is 0. The minimum atomic E-state index is -0.540. The van der Waals surface area contributed by atoms with E-state index in [1.807, 2.05) is 70.2 Å². The Labute approximate surface area is 160 Å². The summed E-state index contributed by atoms with van der Waals surface area (Å²) in [5, 5.41) is 18.5. The Morgan fingerprint density at radius 2 is 1.74 bits per heavy atom. The van der Waals surface area contributed by atoms with Gasteiger partial charge in [0.15, 0.2) is 0 Å². The van der Waals surface area contributed by atoms with Crippen molar-refractivity contribution in [3.63, 3.8) is 0 Å². The summed E-state index contributed by atoms with van der Waals surface area (Å²) in [7, 11) is 3.81. The van der Waals surface area contributed by atoms with E-state index in [2.05, 4.69) is 4.90 Å². The summed E-state index contributed by atoms with van der Waals surface area (Å²) < 4.78 is 5.38. The van der Waals surface area contributed by atoms with E-state index < -0.39 is 5.60 Å². The molecular weight excluding hydrogens is 340 g/mol. The fraction of sp³-hybridized carbons (Fsp3) is 0.381. The lowest BCUT2D eigenvalue weighted by atomic mass is 10.1. The number of allylic oxidation sites excluding steroid dienone is 1. The standard InChI is InChI=1S/C21H24N4O2/c1-21(2,3)27-20(26)15-6-8-18(9-7-15)25-13-17(12-24(4)5)19(14-25)16(10-22)11-23/h6-9,12H,13-14H2,1-5H3/b17-12-. The molecule has 0 atom stereocenters. The van der Waals surface area contributed by atoms with Crippen molar-refractivity contribution in [3.05, 3.63) is 52.7 Å². The zero-order valence-corrected chi connectivity index (χ0v) is 16.4. The molecular formula is C21H24N4O2. The lowest BCUT2D eigenvalue weighted by molar-refractivity contribution is 0.00695. The number of hydrogen-bond acceptors (Lipinski definition) is 6. The van der Waals surface area contributed by atoms with Crippen molar-refractivity contribution in [2.45, 2.75) is 26.4 Å². The Kier molecular flexibility index (Phi) is 5.92. The molecule has 6 heteroatoms. The third-order valence-electron chi connectivity index (χ3n) is 3.90. The highest BCUT2D eigenvalue weighted by atomic mass is 16.6. The molecule has 0 unspecified atom stereocenters. The van der Waals surface area contributed by atoms with E-state index in [4.69, 9.17) is 4.74 Å². The van der Waals surface area contributed by atoms with Crippen molar-refractivity contribution in [1.82, 2.24) is 4.90 Å². The van der Waals surface area contributed by atoms with E-state index in [1.165, 1.54) is 0 Å². The van der Waals surface area contributed by atoms with Gasteiger partial charge in [0.05, 0.1) is 5.56 Å². The Morgan fingerprint density at radius 1 is 1.15 bits per heavy atom. The monoisotopic (exact) mass is 364 g/mol. The van der Waals surface area contributed by atoms with Crippen molar-refractivity contribution in [1.29, 1.82) is 10.5 Å². The summed E-state index contributed by atoms with van der Waals surface area (Å²) in [5.74, 6) is -0.361. The molecule has 0 radical (unpaired) electrons. The van der Waals surface area contributed by atoms with Gasteiger partial charge in [-0.15, -0.1) is 0 Å². The molecule has 6 nitrogen and oxygen atoms in total. The van der Waals surface area contributed by atoms with E-state index in [0.717, 1.165) is 16.8 Å². The topological polar surface area (TPSA) is 80.4 Å². The van der Waals surface area contributed by atoms with Crippen LogP contribution in [0.1, 0.15) is 31.1 Å². The Morgan fingerprint density at radius 3 is 2.22 bits per heavy atom. The minimum absolute atomic E-state index is 0.135. The van der Waals surface area contributed by atoms with Gasteiger partial charge in [-0.3, -0.25) is 0 Å². The highest BCUT2D eigenvalue weighted by Crippen LogP contribution is 2.30. The fourth-order valence-electron chi connectivity index (χ4n) is 2.81. The predicted molar refractivity (Wildman–Crippen MR) is 104 cm³/mol. The number of carbonyl (C=O) groups excluding carboxylic acids is 1. The molecule has 1 saturated heterocycles. The number of rotatable bonds is 3. The van der Waals surface area contributed by atoms with Gasteiger partial charge in [-0.1, -0.05) is 0 Å². The van der Waals surface area contributed by atoms with Crippen molar-refractivity contribution in [2.24, 2.45) is 0 Å². The molecule has 2 rings (SSSR count). The first-order valence-corrected chi connectivity index (χ1v) is 8.64. The zero-order chi connectivity index (χ0) is 20.2. The zero-order valence-electron chi connectivity index (χ0n) is 16.4. The maximum atomic E-state index is 12.2. The molecule has 0 aromatic heterocycles. The smallest absolute Gasteiger partial charge is 0.338 e. The molecule has 27 heavy (non-hydrogen) atoms. The first-order valence-electron chi connectivity index (χ1n) is 8.64. The van der Waals surface area contributed by atoms with Crippen LogP contribution in [0.15, 0.2) is 47.2 Å². The summed E-state index contributed by atoms with van der Waals surface area (Å²) in [6.07, 6.45) is 1.93.